The van der Waals surface area contributed by atoms with Crippen LogP contribution in [0.5, 0.6) is 0 Å². The summed E-state index contributed by atoms with van der Waals surface area (Å²) in [5.74, 6) is 0. The molecule has 0 aromatic heterocycles. The van der Waals surface area contributed by atoms with E-state index in [2.05, 4.69) is 5.32 Å². The fourth-order valence-corrected chi connectivity index (χ4v) is 1.85. The van der Waals surface area contributed by atoms with E-state index in [1.165, 1.54) is 7.05 Å². The van der Waals surface area contributed by atoms with E-state index in [-0.39, 0.29) is 6.54 Å². The molecular formula is C10H14N2O4S. The summed E-state index contributed by atoms with van der Waals surface area (Å²) < 4.78 is 23.9. The Labute approximate surface area is 99.9 Å². The normalized spacial score (nSPS) is 10.9. The van der Waals surface area contributed by atoms with E-state index < -0.39 is 16.1 Å². The first-order chi connectivity index (χ1) is 7.82. The lowest BCUT2D eigenvalue weighted by atomic mass is 10.2. The van der Waals surface area contributed by atoms with Crippen LogP contribution in [-0.2, 0) is 16.6 Å². The molecule has 7 heteroatoms. The third-order valence-electron chi connectivity index (χ3n) is 2.26. The Morgan fingerprint density at radius 3 is 2.53 bits per heavy atom. The highest BCUT2D eigenvalue weighted by molar-refractivity contribution is 7.92. The molecule has 1 aromatic rings. The number of nitrogens with zero attached hydrogens (tertiary/aromatic N) is 1. The summed E-state index contributed by atoms with van der Waals surface area (Å²) in [7, 11) is -1.93. The molecule has 0 radical (unpaired) electrons. The van der Waals surface area contributed by atoms with Crippen LogP contribution in [0.2, 0.25) is 0 Å². The van der Waals surface area contributed by atoms with Crippen LogP contribution < -0.4 is 9.62 Å². The molecule has 2 N–H and O–H groups in total. The number of para-hydroxylation sites is 1. The van der Waals surface area contributed by atoms with Crippen LogP contribution >= 0.6 is 0 Å². The predicted octanol–water partition coefficient (Wildman–Crippen LogP) is 0.850. The Morgan fingerprint density at radius 2 is 2.00 bits per heavy atom. The second-order valence-corrected chi connectivity index (χ2v) is 5.53. The Morgan fingerprint density at radius 1 is 1.41 bits per heavy atom. The lowest BCUT2D eigenvalue weighted by Crippen LogP contribution is -2.27. The van der Waals surface area contributed by atoms with Crippen LogP contribution in [0.25, 0.3) is 0 Å². The van der Waals surface area contributed by atoms with Crippen molar-refractivity contribution in [2.24, 2.45) is 0 Å². The fraction of sp³-hybridized carbons (Fsp3) is 0.300. The van der Waals surface area contributed by atoms with E-state index in [4.69, 9.17) is 5.11 Å². The Bertz CT molecular complexity index is 513. The fourth-order valence-electron chi connectivity index (χ4n) is 1.32. The number of sulfonamides is 1. The van der Waals surface area contributed by atoms with Gasteiger partial charge in [-0.3, -0.25) is 4.31 Å². The molecule has 0 aliphatic carbocycles. The summed E-state index contributed by atoms with van der Waals surface area (Å²) >= 11 is 0. The molecular weight excluding hydrogens is 244 g/mol. The second-order valence-electron chi connectivity index (χ2n) is 3.52. The van der Waals surface area contributed by atoms with Crippen LogP contribution in [0.1, 0.15) is 5.56 Å². The minimum absolute atomic E-state index is 0.0609. The van der Waals surface area contributed by atoms with Gasteiger partial charge in [-0.1, -0.05) is 18.2 Å². The maximum atomic E-state index is 11.4. The van der Waals surface area contributed by atoms with Gasteiger partial charge in [0.25, 0.3) is 0 Å². The number of hydrogen-bond acceptors (Lipinski definition) is 3. The first-order valence-corrected chi connectivity index (χ1v) is 6.66. The zero-order valence-electron chi connectivity index (χ0n) is 9.54. The Hall–Kier alpha value is -1.76. The van der Waals surface area contributed by atoms with Gasteiger partial charge < -0.3 is 10.4 Å². The number of carboxylic acid groups (broad SMARTS) is 1. The molecule has 0 atom stereocenters. The molecule has 0 bridgehead atoms. The third-order valence-corrected chi connectivity index (χ3v) is 3.45. The number of benzene rings is 1. The van der Waals surface area contributed by atoms with Crippen LogP contribution in [-0.4, -0.2) is 32.9 Å². The molecule has 1 aromatic carbocycles. The molecule has 1 rings (SSSR count). The molecule has 0 heterocycles. The number of nitrogens with one attached hydrogen (secondary N) is 1. The highest BCUT2D eigenvalue weighted by atomic mass is 32.2. The van der Waals surface area contributed by atoms with Crippen molar-refractivity contribution < 1.29 is 18.3 Å². The zero-order valence-corrected chi connectivity index (χ0v) is 10.4. The first-order valence-electron chi connectivity index (χ1n) is 4.81. The van der Waals surface area contributed by atoms with Crippen molar-refractivity contribution in [3.05, 3.63) is 29.8 Å². The highest BCUT2D eigenvalue weighted by Gasteiger charge is 2.15. The van der Waals surface area contributed by atoms with Crippen molar-refractivity contribution in [3.8, 4) is 0 Å². The van der Waals surface area contributed by atoms with Crippen molar-refractivity contribution in [2.45, 2.75) is 6.54 Å². The number of hydrogen-bond donors (Lipinski definition) is 2. The zero-order chi connectivity index (χ0) is 13.1. The molecule has 0 saturated heterocycles. The first kappa shape index (κ1) is 13.3. The van der Waals surface area contributed by atoms with Crippen LogP contribution in [0.15, 0.2) is 24.3 Å². The third kappa shape index (κ3) is 3.63. The lowest BCUT2D eigenvalue weighted by Gasteiger charge is -2.20. The molecule has 0 aliphatic heterocycles. The van der Waals surface area contributed by atoms with Crippen LogP contribution in [0, 0.1) is 0 Å². The van der Waals surface area contributed by atoms with E-state index in [1.54, 1.807) is 24.3 Å². The van der Waals surface area contributed by atoms with Gasteiger partial charge in [0.2, 0.25) is 10.0 Å². The maximum absolute atomic E-state index is 11.4. The average Bonchev–Trinajstić information content (AvgIpc) is 2.24. The number of anilines is 1. The van der Waals surface area contributed by atoms with Gasteiger partial charge >= 0.3 is 6.09 Å². The minimum atomic E-state index is -3.36. The SMILES string of the molecule is CN(c1ccccc1CNC(=O)O)S(C)(=O)=O. The van der Waals surface area contributed by atoms with Crippen molar-refractivity contribution in [3.63, 3.8) is 0 Å². The Kier molecular flexibility index (Phi) is 3.95. The average molecular weight is 258 g/mol. The summed E-state index contributed by atoms with van der Waals surface area (Å²) in [6, 6.07) is 6.71. The molecule has 0 aliphatic rings. The molecule has 0 fully saturated rings. The van der Waals surface area contributed by atoms with E-state index >= 15 is 0 Å². The summed E-state index contributed by atoms with van der Waals surface area (Å²) in [5, 5.41) is 10.7. The molecule has 0 unspecified atom stereocenters. The van der Waals surface area contributed by atoms with Gasteiger partial charge in [-0.15, -0.1) is 0 Å². The predicted molar refractivity (Wildman–Crippen MR) is 64.6 cm³/mol. The second kappa shape index (κ2) is 5.05. The molecule has 0 saturated carbocycles. The van der Waals surface area contributed by atoms with Gasteiger partial charge in [-0.25, -0.2) is 13.2 Å². The Balaban J connectivity index is 3.03. The van der Waals surface area contributed by atoms with Crippen molar-refractivity contribution in [2.75, 3.05) is 17.6 Å². The molecule has 17 heavy (non-hydrogen) atoms. The summed E-state index contributed by atoms with van der Waals surface area (Å²) in [6.45, 7) is 0.0609. The highest BCUT2D eigenvalue weighted by Crippen LogP contribution is 2.20. The van der Waals surface area contributed by atoms with Crippen LogP contribution in [0.4, 0.5) is 10.5 Å². The van der Waals surface area contributed by atoms with Gasteiger partial charge in [0, 0.05) is 13.6 Å². The van der Waals surface area contributed by atoms with E-state index in [0.29, 0.717) is 11.3 Å². The maximum Gasteiger partial charge on any atom is 0.404 e. The summed E-state index contributed by atoms with van der Waals surface area (Å²) in [4.78, 5) is 10.4. The number of rotatable bonds is 4. The van der Waals surface area contributed by atoms with Gasteiger partial charge in [0.15, 0.2) is 0 Å². The molecule has 94 valence electrons. The standard InChI is InChI=1S/C10H14N2O4S/c1-12(17(2,15)16)9-6-4-3-5-8(9)7-11-10(13)14/h3-6,11H,7H2,1-2H3,(H,13,14). The molecule has 6 nitrogen and oxygen atoms in total. The quantitative estimate of drug-likeness (QED) is 0.838. The summed E-state index contributed by atoms with van der Waals surface area (Å²) in [6.07, 6.45) is -0.0594. The van der Waals surface area contributed by atoms with Gasteiger partial charge in [0.05, 0.1) is 11.9 Å². The van der Waals surface area contributed by atoms with Gasteiger partial charge in [-0.2, -0.15) is 0 Å². The monoisotopic (exact) mass is 258 g/mol. The minimum Gasteiger partial charge on any atom is -0.465 e. The lowest BCUT2D eigenvalue weighted by molar-refractivity contribution is 0.194. The van der Waals surface area contributed by atoms with Crippen LogP contribution in [0.3, 0.4) is 0 Å². The largest absolute Gasteiger partial charge is 0.465 e. The molecule has 1 amide bonds. The van der Waals surface area contributed by atoms with Crippen molar-refractivity contribution in [1.82, 2.24) is 5.32 Å². The number of amides is 1. The van der Waals surface area contributed by atoms with E-state index in [0.717, 1.165) is 10.6 Å². The van der Waals surface area contributed by atoms with E-state index in [9.17, 15) is 13.2 Å². The molecule has 0 spiro atoms. The summed E-state index contributed by atoms with van der Waals surface area (Å²) in [5.41, 5.74) is 1.06. The van der Waals surface area contributed by atoms with Crippen molar-refractivity contribution in [1.29, 1.82) is 0 Å². The van der Waals surface area contributed by atoms with Gasteiger partial charge in [0.1, 0.15) is 0 Å². The topological polar surface area (TPSA) is 86.7 Å². The van der Waals surface area contributed by atoms with Crippen molar-refractivity contribution >= 4 is 21.8 Å². The van der Waals surface area contributed by atoms with Gasteiger partial charge in [-0.05, 0) is 11.6 Å². The van der Waals surface area contributed by atoms with E-state index in [1.807, 2.05) is 0 Å². The number of carbonyl (C=O) groups is 1. The smallest absolute Gasteiger partial charge is 0.404 e.